The quantitative estimate of drug-likeness (QED) is 0.183. The van der Waals surface area contributed by atoms with Crippen LogP contribution in [0.1, 0.15) is 38.9 Å². The second kappa shape index (κ2) is 10.6. The topological polar surface area (TPSA) is 88.3 Å². The molecule has 0 unspecified atom stereocenters. The molecule has 3 aromatic carbocycles. The van der Waals surface area contributed by atoms with Crippen molar-refractivity contribution in [1.82, 2.24) is 4.98 Å². The zero-order valence-electron chi connectivity index (χ0n) is 19.8. The van der Waals surface area contributed by atoms with Gasteiger partial charge in [0.15, 0.2) is 6.10 Å². The summed E-state index contributed by atoms with van der Waals surface area (Å²) in [6.07, 6.45) is -0.969. The molecule has 0 spiro atoms. The van der Waals surface area contributed by atoms with E-state index in [1.807, 2.05) is 62.4 Å². The molecular weight excluding hydrogens is 460 g/mol. The van der Waals surface area contributed by atoms with E-state index >= 15 is 0 Å². The van der Waals surface area contributed by atoms with Gasteiger partial charge in [-0.1, -0.05) is 48.0 Å². The summed E-state index contributed by atoms with van der Waals surface area (Å²) in [7, 11) is 0. The molecule has 178 valence electrons. The van der Waals surface area contributed by atoms with Crippen molar-refractivity contribution in [1.29, 1.82) is 0 Å². The second-order valence-corrected chi connectivity index (χ2v) is 9.30. The summed E-state index contributed by atoms with van der Waals surface area (Å²) in [5, 5.41) is 3.65. The van der Waals surface area contributed by atoms with Crippen molar-refractivity contribution in [3.8, 4) is 0 Å². The molecular formula is C28H26N2O4S. The van der Waals surface area contributed by atoms with Crippen molar-refractivity contribution in [2.24, 2.45) is 0 Å². The first-order valence-electron chi connectivity index (χ1n) is 11.2. The Morgan fingerprint density at radius 3 is 2.40 bits per heavy atom. The van der Waals surface area contributed by atoms with Gasteiger partial charge in [0, 0.05) is 32.7 Å². The van der Waals surface area contributed by atoms with Gasteiger partial charge in [0.25, 0.3) is 0 Å². The van der Waals surface area contributed by atoms with Crippen LogP contribution in [0, 0.1) is 13.8 Å². The number of carbonyl (C=O) groups excluding carboxylic acids is 3. The molecule has 1 amide bonds. The SMILES string of the molecule is Cc1ccc(NC(=O)CSc2ccccc2C(=O)O[C@H](C)C(=O)c2c(C)[nH]c3ccccc23)cc1. The number of anilines is 1. The maximum Gasteiger partial charge on any atom is 0.339 e. The Hall–Kier alpha value is -3.84. The monoisotopic (exact) mass is 486 g/mol. The smallest absolute Gasteiger partial charge is 0.339 e. The van der Waals surface area contributed by atoms with Crippen molar-refractivity contribution in [3.63, 3.8) is 0 Å². The number of hydrogen-bond donors (Lipinski definition) is 2. The Morgan fingerprint density at radius 1 is 0.943 bits per heavy atom. The Morgan fingerprint density at radius 2 is 1.63 bits per heavy atom. The molecule has 1 aromatic heterocycles. The molecule has 1 atom stereocenters. The molecule has 35 heavy (non-hydrogen) atoms. The van der Waals surface area contributed by atoms with E-state index in [1.54, 1.807) is 31.2 Å². The highest BCUT2D eigenvalue weighted by atomic mass is 32.2. The minimum atomic E-state index is -0.969. The highest BCUT2D eigenvalue weighted by Crippen LogP contribution is 2.26. The van der Waals surface area contributed by atoms with Gasteiger partial charge in [-0.05, 0) is 51.1 Å². The fourth-order valence-corrected chi connectivity index (χ4v) is 4.65. The zero-order valence-corrected chi connectivity index (χ0v) is 20.6. The number of nitrogens with one attached hydrogen (secondary N) is 2. The fraction of sp³-hybridized carbons (Fsp3) is 0.179. The number of Topliss-reactive ketones (excluding diaryl/α,β-unsaturated/α-hetero) is 1. The Kier molecular flexibility index (Phi) is 7.36. The Labute approximate surface area is 208 Å². The van der Waals surface area contributed by atoms with Crippen LogP contribution in [0.3, 0.4) is 0 Å². The standard InChI is InChI=1S/C28H26N2O4S/c1-17-12-14-20(15-13-17)30-25(31)16-35-24-11-7-5-9-22(24)28(33)34-19(3)27(32)26-18(2)29-23-10-6-4-8-21(23)26/h4-15,19,29H,16H2,1-3H3,(H,30,31)/t19-/m1/s1. The van der Waals surface area contributed by atoms with E-state index in [9.17, 15) is 14.4 Å². The van der Waals surface area contributed by atoms with Gasteiger partial charge in [0.2, 0.25) is 11.7 Å². The number of aromatic amines is 1. The molecule has 0 fully saturated rings. The van der Waals surface area contributed by atoms with Crippen LogP contribution < -0.4 is 5.32 Å². The number of thioether (sulfide) groups is 1. The number of amides is 1. The summed E-state index contributed by atoms with van der Waals surface area (Å²) in [5.74, 6) is -0.928. The summed E-state index contributed by atoms with van der Waals surface area (Å²) >= 11 is 1.24. The fourth-order valence-electron chi connectivity index (χ4n) is 3.81. The van der Waals surface area contributed by atoms with E-state index in [2.05, 4.69) is 10.3 Å². The van der Waals surface area contributed by atoms with E-state index < -0.39 is 12.1 Å². The number of aryl methyl sites for hydroxylation is 2. The van der Waals surface area contributed by atoms with Crippen LogP contribution >= 0.6 is 11.8 Å². The predicted octanol–water partition coefficient (Wildman–Crippen LogP) is 5.94. The zero-order chi connectivity index (χ0) is 24.9. The van der Waals surface area contributed by atoms with Crippen LogP contribution in [0.4, 0.5) is 5.69 Å². The van der Waals surface area contributed by atoms with Gasteiger partial charge in [-0.3, -0.25) is 9.59 Å². The number of fused-ring (bicyclic) bond motifs is 1. The molecule has 4 rings (SSSR count). The van der Waals surface area contributed by atoms with Crippen molar-refractivity contribution in [3.05, 3.63) is 95.2 Å². The molecule has 0 radical (unpaired) electrons. The molecule has 0 saturated heterocycles. The van der Waals surface area contributed by atoms with Gasteiger partial charge in [-0.2, -0.15) is 0 Å². The molecule has 6 nitrogen and oxygen atoms in total. The van der Waals surface area contributed by atoms with E-state index in [0.29, 0.717) is 21.7 Å². The molecule has 1 heterocycles. The minimum absolute atomic E-state index is 0.126. The molecule has 0 aliphatic carbocycles. The highest BCUT2D eigenvalue weighted by molar-refractivity contribution is 8.00. The number of para-hydroxylation sites is 1. The third-order valence-electron chi connectivity index (χ3n) is 5.59. The summed E-state index contributed by atoms with van der Waals surface area (Å²) in [6, 6.07) is 22.0. The third-order valence-corrected chi connectivity index (χ3v) is 6.67. The number of aromatic nitrogens is 1. The summed E-state index contributed by atoms with van der Waals surface area (Å²) in [5.41, 5.74) is 4.26. The number of hydrogen-bond acceptors (Lipinski definition) is 5. The first-order valence-corrected chi connectivity index (χ1v) is 12.2. The van der Waals surface area contributed by atoms with Crippen molar-refractivity contribution in [2.75, 3.05) is 11.1 Å². The van der Waals surface area contributed by atoms with E-state index in [1.165, 1.54) is 11.8 Å². The maximum absolute atomic E-state index is 13.1. The third kappa shape index (κ3) is 5.63. The van der Waals surface area contributed by atoms with Crippen LogP contribution in [0.5, 0.6) is 0 Å². The lowest BCUT2D eigenvalue weighted by molar-refractivity contribution is -0.113. The van der Waals surface area contributed by atoms with Gasteiger partial charge in [0.1, 0.15) is 0 Å². The average molecular weight is 487 g/mol. The molecule has 0 saturated carbocycles. The molecule has 2 N–H and O–H groups in total. The molecule has 0 bridgehead atoms. The lowest BCUT2D eigenvalue weighted by atomic mass is 10.0. The van der Waals surface area contributed by atoms with Gasteiger partial charge >= 0.3 is 5.97 Å². The average Bonchev–Trinajstić information content (AvgIpc) is 3.19. The number of carbonyl (C=O) groups is 3. The van der Waals surface area contributed by atoms with Crippen LogP contribution in [-0.4, -0.2) is 34.5 Å². The highest BCUT2D eigenvalue weighted by Gasteiger charge is 2.25. The summed E-state index contributed by atoms with van der Waals surface area (Å²) < 4.78 is 5.56. The second-order valence-electron chi connectivity index (χ2n) is 8.28. The normalized spacial score (nSPS) is 11.7. The number of benzene rings is 3. The summed E-state index contributed by atoms with van der Waals surface area (Å²) in [6.45, 7) is 5.38. The van der Waals surface area contributed by atoms with Gasteiger partial charge in [-0.15, -0.1) is 11.8 Å². The Balaban J connectivity index is 1.42. The minimum Gasteiger partial charge on any atom is -0.451 e. The Bertz CT molecular complexity index is 1390. The van der Waals surface area contributed by atoms with E-state index in [0.717, 1.165) is 22.2 Å². The lowest BCUT2D eigenvalue weighted by Crippen LogP contribution is -2.25. The van der Waals surface area contributed by atoms with E-state index in [-0.39, 0.29) is 17.4 Å². The van der Waals surface area contributed by atoms with Crippen molar-refractivity contribution < 1.29 is 19.1 Å². The number of ketones is 1. The largest absolute Gasteiger partial charge is 0.451 e. The summed E-state index contributed by atoms with van der Waals surface area (Å²) in [4.78, 5) is 42.3. The van der Waals surface area contributed by atoms with Crippen molar-refractivity contribution >= 4 is 46.0 Å². The number of esters is 1. The molecule has 4 aromatic rings. The van der Waals surface area contributed by atoms with Crippen molar-refractivity contribution in [2.45, 2.75) is 31.8 Å². The number of rotatable bonds is 8. The van der Waals surface area contributed by atoms with E-state index in [4.69, 9.17) is 4.74 Å². The van der Waals surface area contributed by atoms with Crippen LogP contribution in [-0.2, 0) is 9.53 Å². The first kappa shape index (κ1) is 24.3. The van der Waals surface area contributed by atoms with Gasteiger partial charge in [-0.25, -0.2) is 4.79 Å². The molecule has 0 aliphatic rings. The van der Waals surface area contributed by atoms with Gasteiger partial charge in [0.05, 0.1) is 11.3 Å². The van der Waals surface area contributed by atoms with Crippen LogP contribution in [0.25, 0.3) is 10.9 Å². The molecule has 0 aliphatic heterocycles. The lowest BCUT2D eigenvalue weighted by Gasteiger charge is -2.14. The maximum atomic E-state index is 13.1. The van der Waals surface area contributed by atoms with Crippen LogP contribution in [0.2, 0.25) is 0 Å². The molecule has 7 heteroatoms. The predicted molar refractivity (Wildman–Crippen MR) is 139 cm³/mol. The number of ether oxygens (including phenoxy) is 1. The number of H-pyrrole nitrogens is 1. The van der Waals surface area contributed by atoms with Gasteiger partial charge < -0.3 is 15.0 Å². The first-order chi connectivity index (χ1) is 16.8. The van der Waals surface area contributed by atoms with Crippen LogP contribution in [0.15, 0.2) is 77.7 Å².